The Morgan fingerprint density at radius 3 is 2.68 bits per heavy atom. The molecule has 0 saturated heterocycles. The largest absolute Gasteiger partial charge is 0.493 e. The van der Waals surface area contributed by atoms with E-state index < -0.39 is 5.91 Å². The van der Waals surface area contributed by atoms with Crippen molar-refractivity contribution in [2.75, 3.05) is 19.1 Å². The lowest BCUT2D eigenvalue weighted by Crippen LogP contribution is -2.20. The van der Waals surface area contributed by atoms with E-state index in [0.29, 0.717) is 11.5 Å². The second-order valence-corrected chi connectivity index (χ2v) is 4.40. The Labute approximate surface area is 128 Å². The van der Waals surface area contributed by atoms with Gasteiger partial charge in [0.15, 0.2) is 18.1 Å². The van der Waals surface area contributed by atoms with Gasteiger partial charge in [0, 0.05) is 0 Å². The number of nitrogens with one attached hydrogen (secondary N) is 1. The van der Waals surface area contributed by atoms with Gasteiger partial charge < -0.3 is 15.2 Å². The van der Waals surface area contributed by atoms with Gasteiger partial charge in [0.25, 0.3) is 5.91 Å². The van der Waals surface area contributed by atoms with Gasteiger partial charge in [-0.3, -0.25) is 10.2 Å². The molecule has 0 aliphatic carbocycles. The van der Waals surface area contributed by atoms with E-state index in [1.807, 2.05) is 30.3 Å². The van der Waals surface area contributed by atoms with Crippen molar-refractivity contribution in [1.29, 1.82) is 0 Å². The lowest BCUT2D eigenvalue weighted by atomic mass is 10.2. The predicted molar refractivity (Wildman–Crippen MR) is 85.3 cm³/mol. The molecule has 0 aliphatic rings. The highest BCUT2D eigenvalue weighted by molar-refractivity contribution is 5.81. The van der Waals surface area contributed by atoms with Crippen LogP contribution in [0.2, 0.25) is 0 Å². The van der Waals surface area contributed by atoms with Crippen LogP contribution >= 0.6 is 0 Å². The predicted octanol–water partition coefficient (Wildman–Crippen LogP) is 2.01. The Morgan fingerprint density at radius 1 is 1.23 bits per heavy atom. The number of carbonyl (C=O) groups excluding carboxylic acids is 1. The highest BCUT2D eigenvalue weighted by atomic mass is 16.5. The van der Waals surface area contributed by atoms with Crippen LogP contribution in [0, 0.1) is 0 Å². The summed E-state index contributed by atoms with van der Waals surface area (Å²) in [7, 11) is 1.52. The number of benzene rings is 2. The number of nitrogens with zero attached hydrogens (tertiary/aromatic N) is 1. The van der Waals surface area contributed by atoms with Crippen LogP contribution < -0.4 is 20.6 Å². The van der Waals surface area contributed by atoms with Gasteiger partial charge >= 0.3 is 0 Å². The van der Waals surface area contributed by atoms with Gasteiger partial charge in [-0.25, -0.2) is 0 Å². The van der Waals surface area contributed by atoms with E-state index in [9.17, 15) is 4.79 Å². The molecule has 0 aromatic heterocycles. The molecule has 0 spiro atoms. The summed E-state index contributed by atoms with van der Waals surface area (Å²) in [6, 6.07) is 14.9. The number of methoxy groups -OCH3 is 1. The van der Waals surface area contributed by atoms with E-state index in [-0.39, 0.29) is 6.61 Å². The minimum atomic E-state index is -0.542. The molecule has 0 atom stereocenters. The first-order valence-corrected chi connectivity index (χ1v) is 6.62. The van der Waals surface area contributed by atoms with E-state index in [1.54, 1.807) is 24.4 Å². The quantitative estimate of drug-likeness (QED) is 0.605. The molecule has 2 rings (SSSR count). The number of ether oxygens (including phenoxy) is 2. The molecule has 0 unspecified atom stereocenters. The number of hydrazone groups is 1. The monoisotopic (exact) mass is 299 g/mol. The number of para-hydroxylation sites is 1. The number of primary amides is 1. The summed E-state index contributed by atoms with van der Waals surface area (Å²) in [5.41, 5.74) is 9.69. The van der Waals surface area contributed by atoms with Crippen LogP contribution in [0.15, 0.2) is 53.6 Å². The van der Waals surface area contributed by atoms with Crippen molar-refractivity contribution >= 4 is 17.8 Å². The molecule has 6 nitrogen and oxygen atoms in total. The SMILES string of the molecule is COc1cc(C=NNc2ccccc2)ccc1OCC(N)=O. The molecular weight excluding hydrogens is 282 g/mol. The van der Waals surface area contributed by atoms with Crippen molar-refractivity contribution in [2.24, 2.45) is 10.8 Å². The van der Waals surface area contributed by atoms with E-state index in [4.69, 9.17) is 15.2 Å². The molecule has 0 saturated carbocycles. The third kappa shape index (κ3) is 4.52. The lowest BCUT2D eigenvalue weighted by molar-refractivity contribution is -0.119. The standard InChI is InChI=1S/C16H17N3O3/c1-21-15-9-12(7-8-14(15)22-11-16(17)20)10-18-19-13-5-3-2-4-6-13/h2-10,19H,11H2,1H3,(H2,17,20). The Kier molecular flexibility index (Phi) is 5.37. The smallest absolute Gasteiger partial charge is 0.255 e. The maximum Gasteiger partial charge on any atom is 0.255 e. The third-order valence-corrected chi connectivity index (χ3v) is 2.74. The summed E-state index contributed by atoms with van der Waals surface area (Å²) in [4.78, 5) is 10.7. The highest BCUT2D eigenvalue weighted by Crippen LogP contribution is 2.27. The molecule has 0 heterocycles. The topological polar surface area (TPSA) is 85.9 Å². The van der Waals surface area contributed by atoms with Crippen LogP contribution in [0.4, 0.5) is 5.69 Å². The molecule has 2 aromatic rings. The molecule has 0 radical (unpaired) electrons. The first-order chi connectivity index (χ1) is 10.7. The van der Waals surface area contributed by atoms with Crippen molar-refractivity contribution in [3.05, 3.63) is 54.1 Å². The van der Waals surface area contributed by atoms with Crippen molar-refractivity contribution in [3.63, 3.8) is 0 Å². The van der Waals surface area contributed by atoms with Gasteiger partial charge in [0.2, 0.25) is 0 Å². The summed E-state index contributed by atoms with van der Waals surface area (Å²) in [6.45, 7) is -0.195. The zero-order valence-electron chi connectivity index (χ0n) is 12.2. The summed E-state index contributed by atoms with van der Waals surface area (Å²) < 4.78 is 10.5. The molecule has 2 aromatic carbocycles. The number of amides is 1. The van der Waals surface area contributed by atoms with Crippen molar-refractivity contribution in [2.45, 2.75) is 0 Å². The van der Waals surface area contributed by atoms with Crippen molar-refractivity contribution in [1.82, 2.24) is 0 Å². The van der Waals surface area contributed by atoms with E-state index in [1.165, 1.54) is 7.11 Å². The number of anilines is 1. The number of carbonyl (C=O) groups is 1. The fraction of sp³-hybridized carbons (Fsp3) is 0.125. The van der Waals surface area contributed by atoms with Gasteiger partial charge in [-0.1, -0.05) is 18.2 Å². The number of hydrogen-bond acceptors (Lipinski definition) is 5. The van der Waals surface area contributed by atoms with Gasteiger partial charge in [-0.2, -0.15) is 5.10 Å². The lowest BCUT2D eigenvalue weighted by Gasteiger charge is -2.09. The van der Waals surface area contributed by atoms with E-state index in [0.717, 1.165) is 11.3 Å². The zero-order valence-corrected chi connectivity index (χ0v) is 12.2. The molecule has 1 amide bonds. The first kappa shape index (κ1) is 15.4. The van der Waals surface area contributed by atoms with Crippen LogP contribution in [0.1, 0.15) is 5.56 Å². The normalized spacial score (nSPS) is 10.4. The first-order valence-electron chi connectivity index (χ1n) is 6.62. The Morgan fingerprint density at radius 2 is 2.00 bits per heavy atom. The molecule has 0 fully saturated rings. The Bertz CT molecular complexity index is 657. The second kappa shape index (κ2) is 7.68. The molecule has 0 aliphatic heterocycles. The van der Waals surface area contributed by atoms with Gasteiger partial charge in [0.1, 0.15) is 0 Å². The minimum Gasteiger partial charge on any atom is -0.493 e. The maximum atomic E-state index is 10.7. The van der Waals surface area contributed by atoms with Crippen LogP contribution in [-0.2, 0) is 4.79 Å². The van der Waals surface area contributed by atoms with Crippen molar-refractivity contribution in [3.8, 4) is 11.5 Å². The fourth-order valence-corrected chi connectivity index (χ4v) is 1.73. The highest BCUT2D eigenvalue weighted by Gasteiger charge is 2.06. The van der Waals surface area contributed by atoms with Gasteiger partial charge in [-0.15, -0.1) is 0 Å². The average Bonchev–Trinajstić information content (AvgIpc) is 2.54. The third-order valence-electron chi connectivity index (χ3n) is 2.74. The van der Waals surface area contributed by atoms with E-state index in [2.05, 4.69) is 10.5 Å². The minimum absolute atomic E-state index is 0.195. The molecule has 3 N–H and O–H groups in total. The van der Waals surface area contributed by atoms with Crippen LogP contribution in [-0.4, -0.2) is 25.8 Å². The Balaban J connectivity index is 2.04. The summed E-state index contributed by atoms with van der Waals surface area (Å²) in [6.07, 6.45) is 1.66. The summed E-state index contributed by atoms with van der Waals surface area (Å²) >= 11 is 0. The van der Waals surface area contributed by atoms with Crippen LogP contribution in [0.25, 0.3) is 0 Å². The van der Waals surface area contributed by atoms with Gasteiger partial charge in [-0.05, 0) is 35.9 Å². The molecule has 114 valence electrons. The molecule has 0 bridgehead atoms. The summed E-state index contributed by atoms with van der Waals surface area (Å²) in [5.74, 6) is 0.416. The van der Waals surface area contributed by atoms with Crippen LogP contribution in [0.5, 0.6) is 11.5 Å². The Hall–Kier alpha value is -3.02. The van der Waals surface area contributed by atoms with Gasteiger partial charge in [0.05, 0.1) is 19.0 Å². The average molecular weight is 299 g/mol. The molecule has 22 heavy (non-hydrogen) atoms. The molecular formula is C16H17N3O3. The number of hydrogen-bond donors (Lipinski definition) is 2. The van der Waals surface area contributed by atoms with E-state index >= 15 is 0 Å². The fourth-order valence-electron chi connectivity index (χ4n) is 1.73. The zero-order chi connectivity index (χ0) is 15.8. The van der Waals surface area contributed by atoms with Crippen LogP contribution in [0.3, 0.4) is 0 Å². The second-order valence-electron chi connectivity index (χ2n) is 4.40. The summed E-state index contributed by atoms with van der Waals surface area (Å²) in [5, 5.41) is 4.15. The number of rotatable bonds is 7. The molecule has 6 heteroatoms. The van der Waals surface area contributed by atoms with Crippen molar-refractivity contribution < 1.29 is 14.3 Å². The maximum absolute atomic E-state index is 10.7. The number of nitrogens with two attached hydrogens (primary N) is 1.